The molecule has 0 aliphatic rings. The van der Waals surface area contributed by atoms with Crippen LogP contribution < -0.4 is 5.73 Å². The van der Waals surface area contributed by atoms with Gasteiger partial charge in [-0.25, -0.2) is 8.42 Å². The van der Waals surface area contributed by atoms with Gasteiger partial charge in [0.1, 0.15) is 0 Å². The van der Waals surface area contributed by atoms with E-state index in [9.17, 15) is 8.42 Å². The molecule has 5 nitrogen and oxygen atoms in total. The fraction of sp³-hybridized carbons (Fsp3) is 0. The molecule has 1 aromatic heterocycles. The second kappa shape index (κ2) is 5.06. The second-order valence-corrected chi connectivity index (χ2v) is 6.24. The summed E-state index contributed by atoms with van der Waals surface area (Å²) in [6.45, 7) is 0. The Morgan fingerprint density at radius 2 is 1.48 bits per heavy atom. The molecule has 0 unspecified atom stereocenters. The summed E-state index contributed by atoms with van der Waals surface area (Å²) >= 11 is 0. The molecule has 106 valence electrons. The number of nitrogens with zero attached hydrogens (tertiary/aromatic N) is 1. The van der Waals surface area contributed by atoms with E-state index < -0.39 is 9.84 Å². The number of oxazole rings is 1. The van der Waals surface area contributed by atoms with Crippen molar-refractivity contribution in [1.82, 2.24) is 4.98 Å². The predicted octanol–water partition coefficient (Wildman–Crippen LogP) is 2.76. The Kier molecular flexibility index (Phi) is 3.23. The van der Waals surface area contributed by atoms with Crippen LogP contribution in [0.2, 0.25) is 0 Å². The molecule has 0 bridgehead atoms. The zero-order valence-electron chi connectivity index (χ0n) is 10.9. The minimum absolute atomic E-state index is 0.129. The third-order valence-corrected chi connectivity index (χ3v) is 4.64. The molecule has 3 rings (SSSR count). The zero-order valence-corrected chi connectivity index (χ0v) is 11.7. The van der Waals surface area contributed by atoms with Gasteiger partial charge in [-0.2, -0.15) is 4.98 Å². The van der Waals surface area contributed by atoms with Crippen molar-refractivity contribution < 1.29 is 12.8 Å². The summed E-state index contributed by atoms with van der Waals surface area (Å²) in [4.78, 5) is 4.18. The molecule has 0 radical (unpaired) electrons. The first kappa shape index (κ1) is 13.4. The predicted molar refractivity (Wildman–Crippen MR) is 78.2 cm³/mol. The highest BCUT2D eigenvalue weighted by molar-refractivity contribution is 7.91. The first-order chi connectivity index (χ1) is 10.1. The van der Waals surface area contributed by atoms with Gasteiger partial charge >= 0.3 is 0 Å². The lowest BCUT2D eigenvalue weighted by molar-refractivity contribution is 0.583. The van der Waals surface area contributed by atoms with E-state index in [0.717, 1.165) is 0 Å². The molecule has 0 saturated heterocycles. The van der Waals surface area contributed by atoms with E-state index in [-0.39, 0.29) is 21.7 Å². The maximum Gasteiger partial charge on any atom is 0.231 e. The fourth-order valence-electron chi connectivity index (χ4n) is 1.93. The zero-order chi connectivity index (χ0) is 14.9. The molecule has 2 N–H and O–H groups in total. The monoisotopic (exact) mass is 300 g/mol. The maximum atomic E-state index is 12.5. The topological polar surface area (TPSA) is 86.2 Å². The molecular formula is C15H12N2O3S. The van der Waals surface area contributed by atoms with Gasteiger partial charge in [0.05, 0.1) is 4.90 Å². The Morgan fingerprint density at radius 3 is 2.10 bits per heavy atom. The van der Waals surface area contributed by atoms with Crippen molar-refractivity contribution in [3.05, 3.63) is 60.7 Å². The summed E-state index contributed by atoms with van der Waals surface area (Å²) in [6.07, 6.45) is 0. The van der Waals surface area contributed by atoms with Crippen molar-refractivity contribution in [2.24, 2.45) is 0 Å². The number of nitrogens with two attached hydrogens (primary N) is 1. The molecule has 0 atom stereocenters. The number of anilines is 1. The van der Waals surface area contributed by atoms with Crippen molar-refractivity contribution in [1.29, 1.82) is 0 Å². The lowest BCUT2D eigenvalue weighted by Gasteiger charge is -2.00. The highest BCUT2D eigenvalue weighted by Gasteiger charge is 2.26. The number of sulfone groups is 1. The van der Waals surface area contributed by atoms with Crippen molar-refractivity contribution in [2.75, 3.05) is 5.73 Å². The first-order valence-electron chi connectivity index (χ1n) is 6.21. The van der Waals surface area contributed by atoms with Gasteiger partial charge in [0.25, 0.3) is 0 Å². The highest BCUT2D eigenvalue weighted by Crippen LogP contribution is 2.29. The van der Waals surface area contributed by atoms with Crippen LogP contribution in [0, 0.1) is 0 Å². The second-order valence-electron chi connectivity index (χ2n) is 4.37. The summed E-state index contributed by atoms with van der Waals surface area (Å²) in [5.74, 6) is -0.0275. The molecular weight excluding hydrogens is 288 g/mol. The summed E-state index contributed by atoms with van der Waals surface area (Å²) in [7, 11) is -3.79. The summed E-state index contributed by atoms with van der Waals surface area (Å²) in [5.41, 5.74) is 6.36. The van der Waals surface area contributed by atoms with Gasteiger partial charge in [-0.15, -0.1) is 0 Å². The largest absolute Gasteiger partial charge is 0.419 e. The molecule has 0 amide bonds. The van der Waals surface area contributed by atoms with Gasteiger partial charge in [0.15, 0.2) is 0 Å². The molecule has 0 aliphatic carbocycles. The van der Waals surface area contributed by atoms with Crippen molar-refractivity contribution in [3.8, 4) is 11.5 Å². The smallest absolute Gasteiger partial charge is 0.231 e. The molecule has 6 heteroatoms. The van der Waals surface area contributed by atoms with Crippen LogP contribution in [0.15, 0.2) is 75.0 Å². The van der Waals surface area contributed by atoms with E-state index in [2.05, 4.69) is 4.98 Å². The normalized spacial score (nSPS) is 11.4. The van der Waals surface area contributed by atoms with Crippen LogP contribution in [0.4, 0.5) is 5.88 Å². The Morgan fingerprint density at radius 1 is 0.905 bits per heavy atom. The number of rotatable bonds is 3. The number of hydrogen-bond acceptors (Lipinski definition) is 5. The highest BCUT2D eigenvalue weighted by atomic mass is 32.2. The van der Waals surface area contributed by atoms with Gasteiger partial charge in [-0.1, -0.05) is 36.4 Å². The van der Waals surface area contributed by atoms with Crippen molar-refractivity contribution in [2.45, 2.75) is 9.92 Å². The summed E-state index contributed by atoms with van der Waals surface area (Å²) in [5, 5.41) is -0.257. The van der Waals surface area contributed by atoms with Crippen LogP contribution in [0.1, 0.15) is 0 Å². The Bertz CT molecular complexity index is 856. The quantitative estimate of drug-likeness (QED) is 0.803. The van der Waals surface area contributed by atoms with Gasteiger partial charge < -0.3 is 10.2 Å². The number of benzene rings is 2. The van der Waals surface area contributed by atoms with Gasteiger partial charge in [-0.3, -0.25) is 0 Å². The van der Waals surface area contributed by atoms with Crippen LogP contribution in [-0.4, -0.2) is 13.4 Å². The molecule has 0 saturated carbocycles. The van der Waals surface area contributed by atoms with Crippen LogP contribution in [0.3, 0.4) is 0 Å². The van der Waals surface area contributed by atoms with E-state index in [1.165, 1.54) is 12.1 Å². The Labute approximate surface area is 122 Å². The fourth-order valence-corrected chi connectivity index (χ4v) is 3.17. The Hall–Kier alpha value is -2.60. The van der Waals surface area contributed by atoms with Crippen LogP contribution >= 0.6 is 0 Å². The number of nitrogen functional groups attached to an aromatic ring is 1. The average molecular weight is 300 g/mol. The molecule has 0 spiro atoms. The van der Waals surface area contributed by atoms with E-state index >= 15 is 0 Å². The third-order valence-electron chi connectivity index (χ3n) is 2.95. The average Bonchev–Trinajstić information content (AvgIpc) is 2.92. The molecule has 2 aromatic carbocycles. The molecule has 0 fully saturated rings. The first-order valence-corrected chi connectivity index (χ1v) is 7.69. The van der Waals surface area contributed by atoms with E-state index in [4.69, 9.17) is 10.2 Å². The van der Waals surface area contributed by atoms with Crippen molar-refractivity contribution in [3.63, 3.8) is 0 Å². The van der Waals surface area contributed by atoms with E-state index in [0.29, 0.717) is 5.56 Å². The minimum Gasteiger partial charge on any atom is -0.419 e. The van der Waals surface area contributed by atoms with E-state index in [1.54, 1.807) is 42.5 Å². The van der Waals surface area contributed by atoms with Crippen LogP contribution in [0.5, 0.6) is 0 Å². The Balaban J connectivity index is 2.11. The van der Waals surface area contributed by atoms with Gasteiger partial charge in [0, 0.05) is 5.56 Å². The summed E-state index contributed by atoms with van der Waals surface area (Å²) < 4.78 is 30.3. The number of aromatic nitrogens is 1. The molecule has 21 heavy (non-hydrogen) atoms. The lowest BCUT2D eigenvalue weighted by Crippen LogP contribution is -2.05. The standard InChI is InChI=1S/C15H12N2O3S/c16-13-15(21(18,19)12-9-5-2-6-10-12)17-14(20-13)11-7-3-1-4-8-11/h1-10H,16H2. The van der Waals surface area contributed by atoms with Crippen LogP contribution in [0.25, 0.3) is 11.5 Å². The minimum atomic E-state index is -3.79. The SMILES string of the molecule is Nc1oc(-c2ccccc2)nc1S(=O)(=O)c1ccccc1. The maximum absolute atomic E-state index is 12.5. The third kappa shape index (κ3) is 2.41. The van der Waals surface area contributed by atoms with E-state index in [1.807, 2.05) is 6.07 Å². The summed E-state index contributed by atoms with van der Waals surface area (Å²) in [6, 6.07) is 17.0. The molecule has 0 aliphatic heterocycles. The molecule has 1 heterocycles. The van der Waals surface area contributed by atoms with Crippen LogP contribution in [-0.2, 0) is 9.84 Å². The molecule has 3 aromatic rings. The lowest BCUT2D eigenvalue weighted by atomic mass is 10.2. The van der Waals surface area contributed by atoms with Crippen molar-refractivity contribution >= 4 is 15.7 Å². The van der Waals surface area contributed by atoms with Gasteiger partial charge in [0.2, 0.25) is 26.6 Å². The van der Waals surface area contributed by atoms with Gasteiger partial charge in [-0.05, 0) is 24.3 Å². The number of hydrogen-bond donors (Lipinski definition) is 1.